The maximum Gasteiger partial charge on any atom is 0.342 e. The van der Waals surface area contributed by atoms with Gasteiger partial charge in [-0.25, -0.2) is 9.48 Å². The molecular weight excluding hydrogens is 440 g/mol. The number of hydrogen-bond donors (Lipinski definition) is 1. The van der Waals surface area contributed by atoms with Gasteiger partial charge in [-0.3, -0.25) is 4.79 Å². The monoisotopic (exact) mass is 458 g/mol. The van der Waals surface area contributed by atoms with Crippen LogP contribution in [0.4, 0.5) is 5.00 Å². The summed E-state index contributed by atoms with van der Waals surface area (Å²) in [4.78, 5) is 25.2. The lowest BCUT2D eigenvalue weighted by Crippen LogP contribution is -2.21. The van der Waals surface area contributed by atoms with Crippen LogP contribution in [0.3, 0.4) is 0 Å². The molecule has 9 heteroatoms. The molecule has 0 aliphatic carbocycles. The topological polar surface area (TPSA) is 106 Å². The minimum atomic E-state index is -0.697. The van der Waals surface area contributed by atoms with Gasteiger partial charge in [0.2, 0.25) is 0 Å². The summed E-state index contributed by atoms with van der Waals surface area (Å²) in [5.41, 5.74) is 2.38. The molecule has 0 radical (unpaired) electrons. The molecule has 2 aromatic carbocycles. The number of ether oxygens (including phenoxy) is 2. The van der Waals surface area contributed by atoms with Crippen LogP contribution in [0.2, 0.25) is 0 Å². The molecule has 164 valence electrons. The number of esters is 1. The molecule has 4 rings (SSSR count). The van der Waals surface area contributed by atoms with Gasteiger partial charge >= 0.3 is 5.97 Å². The first-order chi connectivity index (χ1) is 16.1. The minimum Gasteiger partial charge on any atom is -0.497 e. The molecule has 2 heterocycles. The van der Waals surface area contributed by atoms with Crippen LogP contribution in [-0.4, -0.2) is 35.4 Å². The summed E-state index contributed by atoms with van der Waals surface area (Å²) in [6.07, 6.45) is 1.57. The second-order valence-electron chi connectivity index (χ2n) is 6.80. The average molecular weight is 458 g/mol. The van der Waals surface area contributed by atoms with Crippen molar-refractivity contribution in [3.8, 4) is 28.8 Å². The van der Waals surface area contributed by atoms with E-state index < -0.39 is 18.5 Å². The Balaban J connectivity index is 1.58. The number of hydrogen-bond acceptors (Lipinski definition) is 7. The van der Waals surface area contributed by atoms with Crippen molar-refractivity contribution in [2.24, 2.45) is 0 Å². The Kier molecular flexibility index (Phi) is 6.48. The molecule has 33 heavy (non-hydrogen) atoms. The standard InChI is InChI=1S/C24H18N4O4S/c1-31-19-9-5-6-16(12-19)22-20(14-28(27-22)18-7-3-2-4-8-18)24(30)32-15-21(29)26-23-17(13-25)10-11-33-23/h2-12,14H,15H2,1H3,(H,26,29). The molecule has 0 bridgehead atoms. The van der Waals surface area contributed by atoms with Crippen molar-refractivity contribution in [3.63, 3.8) is 0 Å². The number of para-hydroxylation sites is 1. The Labute approximate surface area is 193 Å². The zero-order valence-electron chi connectivity index (χ0n) is 17.5. The van der Waals surface area contributed by atoms with E-state index in [9.17, 15) is 9.59 Å². The van der Waals surface area contributed by atoms with E-state index in [1.165, 1.54) is 11.3 Å². The fourth-order valence-electron chi connectivity index (χ4n) is 3.09. The first-order valence-corrected chi connectivity index (χ1v) is 10.7. The lowest BCUT2D eigenvalue weighted by Gasteiger charge is -2.06. The number of thiophene rings is 1. The van der Waals surface area contributed by atoms with Crippen LogP contribution in [0.25, 0.3) is 16.9 Å². The van der Waals surface area contributed by atoms with Gasteiger partial charge in [0.05, 0.1) is 18.4 Å². The zero-order valence-corrected chi connectivity index (χ0v) is 18.3. The van der Waals surface area contributed by atoms with Gasteiger partial charge in [0.15, 0.2) is 6.61 Å². The second-order valence-corrected chi connectivity index (χ2v) is 7.72. The number of anilines is 1. The lowest BCUT2D eigenvalue weighted by atomic mass is 10.1. The van der Waals surface area contributed by atoms with Gasteiger partial charge in [-0.15, -0.1) is 11.3 Å². The van der Waals surface area contributed by atoms with Gasteiger partial charge in [0.25, 0.3) is 5.91 Å². The van der Waals surface area contributed by atoms with Gasteiger partial charge < -0.3 is 14.8 Å². The Morgan fingerprint density at radius 2 is 1.97 bits per heavy atom. The van der Waals surface area contributed by atoms with Crippen molar-refractivity contribution in [3.05, 3.63) is 83.4 Å². The number of benzene rings is 2. The molecule has 1 N–H and O–H groups in total. The van der Waals surface area contributed by atoms with E-state index in [2.05, 4.69) is 10.4 Å². The average Bonchev–Trinajstić information content (AvgIpc) is 3.50. The lowest BCUT2D eigenvalue weighted by molar-refractivity contribution is -0.119. The fourth-order valence-corrected chi connectivity index (χ4v) is 3.84. The molecule has 0 aliphatic rings. The van der Waals surface area contributed by atoms with Gasteiger partial charge in [-0.2, -0.15) is 10.4 Å². The molecule has 4 aromatic rings. The molecule has 0 unspecified atom stereocenters. The van der Waals surface area contributed by atoms with Crippen LogP contribution >= 0.6 is 11.3 Å². The quantitative estimate of drug-likeness (QED) is 0.415. The molecule has 1 amide bonds. The molecule has 0 atom stereocenters. The maximum absolute atomic E-state index is 12.9. The number of methoxy groups -OCH3 is 1. The van der Waals surface area contributed by atoms with Crippen LogP contribution in [0.1, 0.15) is 15.9 Å². The van der Waals surface area contributed by atoms with Gasteiger partial charge in [0.1, 0.15) is 28.1 Å². The van der Waals surface area contributed by atoms with Crippen molar-refractivity contribution >= 4 is 28.2 Å². The predicted octanol–water partition coefficient (Wildman–Crippen LogP) is 4.28. The molecule has 8 nitrogen and oxygen atoms in total. The summed E-state index contributed by atoms with van der Waals surface area (Å²) in [5, 5.41) is 18.3. The Bertz CT molecular complexity index is 1340. The first kappa shape index (κ1) is 21.8. The number of carbonyl (C=O) groups excluding carboxylic acids is 2. The summed E-state index contributed by atoms with van der Waals surface area (Å²) in [6.45, 7) is -0.504. The van der Waals surface area contributed by atoms with E-state index >= 15 is 0 Å². The number of rotatable bonds is 7. The SMILES string of the molecule is COc1cccc(-c2nn(-c3ccccc3)cc2C(=O)OCC(=O)Nc2sccc2C#N)c1. The number of nitriles is 1. The van der Waals surface area contributed by atoms with Gasteiger partial charge in [0, 0.05) is 11.8 Å². The molecule has 0 fully saturated rings. The summed E-state index contributed by atoms with van der Waals surface area (Å²) in [7, 11) is 1.56. The second kappa shape index (κ2) is 9.80. The highest BCUT2D eigenvalue weighted by molar-refractivity contribution is 7.14. The third-order valence-corrected chi connectivity index (χ3v) is 5.50. The van der Waals surface area contributed by atoms with E-state index in [4.69, 9.17) is 14.7 Å². The summed E-state index contributed by atoms with van der Waals surface area (Å²) in [6, 6.07) is 20.1. The maximum atomic E-state index is 12.9. The van der Waals surface area contributed by atoms with Gasteiger partial charge in [-0.1, -0.05) is 30.3 Å². The van der Waals surface area contributed by atoms with E-state index in [0.717, 1.165) is 5.69 Å². The van der Waals surface area contributed by atoms with Crippen LogP contribution in [-0.2, 0) is 9.53 Å². The van der Waals surface area contributed by atoms with Crippen LogP contribution in [0.5, 0.6) is 5.75 Å². The van der Waals surface area contributed by atoms with E-state index in [1.54, 1.807) is 47.6 Å². The number of carbonyl (C=O) groups is 2. The van der Waals surface area contributed by atoms with E-state index in [1.807, 2.05) is 42.5 Å². The highest BCUT2D eigenvalue weighted by atomic mass is 32.1. The molecule has 0 saturated carbocycles. The number of nitrogens with one attached hydrogen (secondary N) is 1. The largest absolute Gasteiger partial charge is 0.497 e. The first-order valence-electron chi connectivity index (χ1n) is 9.83. The van der Waals surface area contributed by atoms with Crippen molar-refractivity contribution in [2.75, 3.05) is 19.0 Å². The molecule has 0 saturated heterocycles. The normalized spacial score (nSPS) is 10.3. The minimum absolute atomic E-state index is 0.203. The molecule has 0 aliphatic heterocycles. The Morgan fingerprint density at radius 3 is 2.73 bits per heavy atom. The summed E-state index contributed by atoms with van der Waals surface area (Å²) < 4.78 is 12.1. The molecular formula is C24H18N4O4S. The zero-order chi connectivity index (χ0) is 23.2. The smallest absolute Gasteiger partial charge is 0.342 e. The number of aromatic nitrogens is 2. The number of nitrogens with zero attached hydrogens (tertiary/aromatic N) is 3. The summed E-state index contributed by atoms with van der Waals surface area (Å²) >= 11 is 1.22. The highest BCUT2D eigenvalue weighted by Crippen LogP contribution is 2.27. The highest BCUT2D eigenvalue weighted by Gasteiger charge is 2.21. The summed E-state index contributed by atoms with van der Waals surface area (Å²) in [5.74, 6) is -0.623. The third kappa shape index (κ3) is 4.92. The number of amides is 1. The third-order valence-electron chi connectivity index (χ3n) is 4.67. The van der Waals surface area contributed by atoms with Crippen LogP contribution < -0.4 is 10.1 Å². The molecule has 0 spiro atoms. The van der Waals surface area contributed by atoms with Crippen molar-refractivity contribution < 1.29 is 19.1 Å². The van der Waals surface area contributed by atoms with Crippen molar-refractivity contribution in [2.45, 2.75) is 0 Å². The molecule has 2 aromatic heterocycles. The van der Waals surface area contributed by atoms with Gasteiger partial charge in [-0.05, 0) is 35.7 Å². The predicted molar refractivity (Wildman–Crippen MR) is 123 cm³/mol. The van der Waals surface area contributed by atoms with Crippen LogP contribution in [0.15, 0.2) is 72.2 Å². The van der Waals surface area contributed by atoms with Crippen molar-refractivity contribution in [1.82, 2.24) is 9.78 Å². The van der Waals surface area contributed by atoms with E-state index in [0.29, 0.717) is 27.6 Å². The van der Waals surface area contributed by atoms with Crippen LogP contribution in [0, 0.1) is 11.3 Å². The Hall–Kier alpha value is -4.42. The fraction of sp³-hybridized carbons (Fsp3) is 0.0833. The van der Waals surface area contributed by atoms with Crippen molar-refractivity contribution in [1.29, 1.82) is 5.26 Å². The van der Waals surface area contributed by atoms with E-state index in [-0.39, 0.29) is 5.56 Å². The Morgan fingerprint density at radius 1 is 1.15 bits per heavy atom.